The molecule has 0 aliphatic heterocycles. The molecule has 1 atom stereocenters. The van der Waals surface area contributed by atoms with E-state index in [-0.39, 0.29) is 0 Å². The molecule has 9 nitrogen and oxygen atoms in total. The summed E-state index contributed by atoms with van der Waals surface area (Å²) in [7, 11) is -4.21. The summed E-state index contributed by atoms with van der Waals surface area (Å²) in [5.41, 5.74) is 1.61. The van der Waals surface area contributed by atoms with Crippen molar-refractivity contribution in [1.82, 2.24) is 19.9 Å². The van der Waals surface area contributed by atoms with Gasteiger partial charge in [0.15, 0.2) is 11.5 Å². The van der Waals surface area contributed by atoms with Crippen molar-refractivity contribution in [3.05, 3.63) is 24.3 Å². The molecule has 0 fully saturated rings. The highest BCUT2D eigenvalue weighted by atomic mass is 32.2. The highest BCUT2D eigenvalue weighted by molar-refractivity contribution is 7.85. The fourth-order valence-corrected chi connectivity index (χ4v) is 2.33. The predicted molar refractivity (Wildman–Crippen MR) is 76.4 cm³/mol. The Bertz CT molecular complexity index is 755. The van der Waals surface area contributed by atoms with Gasteiger partial charge in [-0.3, -0.25) is 4.55 Å². The molecule has 21 heavy (non-hydrogen) atoms. The van der Waals surface area contributed by atoms with Crippen LogP contribution < -0.4 is 5.32 Å². The molecule has 1 unspecified atom stereocenters. The van der Waals surface area contributed by atoms with E-state index < -0.39 is 22.0 Å². The molecule has 10 heteroatoms. The first-order valence-electron chi connectivity index (χ1n) is 6.04. The Hall–Kier alpha value is -2.04. The lowest BCUT2D eigenvalue weighted by Gasteiger charge is -2.10. The molecule has 0 aliphatic carbocycles. The van der Waals surface area contributed by atoms with E-state index in [9.17, 15) is 13.5 Å². The number of aliphatic hydroxyl groups is 1. The molecular formula is C11H15N5O4S. The minimum Gasteiger partial charge on any atom is -0.388 e. The van der Waals surface area contributed by atoms with Crippen molar-refractivity contribution in [3.63, 3.8) is 0 Å². The van der Waals surface area contributed by atoms with Gasteiger partial charge in [-0.2, -0.15) is 8.42 Å². The average molecular weight is 313 g/mol. The van der Waals surface area contributed by atoms with Gasteiger partial charge in [-0.25, -0.2) is 15.0 Å². The van der Waals surface area contributed by atoms with Crippen molar-refractivity contribution >= 4 is 27.1 Å². The maximum absolute atomic E-state index is 10.7. The lowest BCUT2D eigenvalue weighted by Crippen LogP contribution is -2.21. The fraction of sp³-hybridized carbons (Fsp3) is 0.364. The van der Waals surface area contributed by atoms with Gasteiger partial charge < -0.3 is 15.4 Å². The van der Waals surface area contributed by atoms with Gasteiger partial charge in [0.1, 0.15) is 17.6 Å². The second-order valence-corrected chi connectivity index (χ2v) is 5.91. The third-order valence-corrected chi connectivity index (χ3v) is 3.54. The Balaban J connectivity index is 2.00. The third-order valence-electron chi connectivity index (χ3n) is 2.80. The van der Waals surface area contributed by atoms with E-state index in [2.05, 4.69) is 25.3 Å². The van der Waals surface area contributed by atoms with Gasteiger partial charge in [0.05, 0.1) is 12.4 Å². The van der Waals surface area contributed by atoms with E-state index in [1.54, 1.807) is 13.0 Å². The molecule has 2 aromatic rings. The van der Waals surface area contributed by atoms with Crippen molar-refractivity contribution in [3.8, 4) is 0 Å². The predicted octanol–water partition coefficient (Wildman–Crippen LogP) is -0.0402. The van der Waals surface area contributed by atoms with Crippen LogP contribution in [0.3, 0.4) is 0 Å². The lowest BCUT2D eigenvalue weighted by atomic mass is 10.2. The average Bonchev–Trinajstić information content (AvgIpc) is 2.85. The Kier molecular flexibility index (Phi) is 4.50. The van der Waals surface area contributed by atoms with Crippen molar-refractivity contribution in [1.29, 1.82) is 0 Å². The van der Waals surface area contributed by atoms with Crippen molar-refractivity contribution < 1.29 is 18.1 Å². The van der Waals surface area contributed by atoms with Gasteiger partial charge in [-0.15, -0.1) is 0 Å². The molecule has 0 aliphatic rings. The number of nitrogens with one attached hydrogen (secondary N) is 2. The summed E-state index contributed by atoms with van der Waals surface area (Å²) in [5, 5.41) is 12.6. The highest BCUT2D eigenvalue weighted by Crippen LogP contribution is 2.14. The Morgan fingerprint density at radius 1 is 1.48 bits per heavy atom. The van der Waals surface area contributed by atoms with Crippen LogP contribution in [0, 0.1) is 0 Å². The normalized spacial score (nSPS) is 14.3. The van der Waals surface area contributed by atoms with Crippen LogP contribution in [0.25, 0.3) is 11.2 Å². The van der Waals surface area contributed by atoms with Crippen LogP contribution in [0.2, 0.25) is 0 Å². The number of fused-ring (bicyclic) bond motifs is 1. The molecule has 2 aromatic heterocycles. The van der Waals surface area contributed by atoms with Gasteiger partial charge in [0.2, 0.25) is 0 Å². The number of aromatic nitrogens is 4. The van der Waals surface area contributed by atoms with E-state index in [0.29, 0.717) is 29.1 Å². The standard InChI is InChI=1S/C11H15N5O4S/c1-7(8(17)4-21(18,19)20)2-3-12-10-9-11(14-5-13-9)16-6-15-10/h2,5-6,8,17H,3-4H2,1H3,(H,18,19,20)(H2,12,13,14,15,16)/b7-2+. The number of imidazole rings is 1. The summed E-state index contributed by atoms with van der Waals surface area (Å²) in [6.45, 7) is 1.88. The number of aromatic amines is 1. The molecule has 0 saturated carbocycles. The number of aliphatic hydroxyl groups excluding tert-OH is 1. The SMILES string of the molecule is C/C(=C\CNc1ncnc2[nH]cnc12)C(O)CS(=O)(=O)O. The smallest absolute Gasteiger partial charge is 0.267 e. The van der Waals surface area contributed by atoms with Gasteiger partial charge in [0, 0.05) is 6.54 Å². The second kappa shape index (κ2) is 6.16. The van der Waals surface area contributed by atoms with E-state index >= 15 is 0 Å². The van der Waals surface area contributed by atoms with Crippen molar-refractivity contribution in [2.24, 2.45) is 0 Å². The zero-order valence-corrected chi connectivity index (χ0v) is 12.0. The molecule has 2 heterocycles. The molecule has 114 valence electrons. The monoisotopic (exact) mass is 313 g/mol. The fourth-order valence-electron chi connectivity index (χ4n) is 1.67. The minimum absolute atomic E-state index is 0.313. The first-order chi connectivity index (χ1) is 9.87. The number of hydrogen-bond donors (Lipinski definition) is 4. The Morgan fingerprint density at radius 3 is 2.95 bits per heavy atom. The summed E-state index contributed by atoms with van der Waals surface area (Å²) in [5.74, 6) is -0.207. The van der Waals surface area contributed by atoms with Gasteiger partial charge in [0.25, 0.3) is 10.1 Å². The maximum Gasteiger partial charge on any atom is 0.267 e. The number of H-pyrrole nitrogens is 1. The Labute approximate surface area is 120 Å². The van der Waals surface area contributed by atoms with E-state index in [1.165, 1.54) is 12.7 Å². The number of nitrogens with zero attached hydrogens (tertiary/aromatic N) is 3. The largest absolute Gasteiger partial charge is 0.388 e. The summed E-state index contributed by atoms with van der Waals surface area (Å²) >= 11 is 0. The third kappa shape index (κ3) is 4.21. The lowest BCUT2D eigenvalue weighted by molar-refractivity contribution is 0.230. The quantitative estimate of drug-likeness (QED) is 0.430. The molecule has 0 bridgehead atoms. The molecule has 0 radical (unpaired) electrons. The minimum atomic E-state index is -4.21. The van der Waals surface area contributed by atoms with Crippen molar-refractivity contribution in [2.45, 2.75) is 13.0 Å². The Morgan fingerprint density at radius 2 is 2.24 bits per heavy atom. The number of anilines is 1. The highest BCUT2D eigenvalue weighted by Gasteiger charge is 2.15. The number of hydrogen-bond acceptors (Lipinski definition) is 7. The molecule has 0 spiro atoms. The number of rotatable bonds is 6. The zero-order chi connectivity index (χ0) is 15.5. The first kappa shape index (κ1) is 15.4. The van der Waals surface area contributed by atoms with Gasteiger partial charge >= 0.3 is 0 Å². The summed E-state index contributed by atoms with van der Waals surface area (Å²) in [4.78, 5) is 15.0. The van der Waals surface area contributed by atoms with Crippen molar-refractivity contribution in [2.75, 3.05) is 17.6 Å². The van der Waals surface area contributed by atoms with Crippen LogP contribution in [0.5, 0.6) is 0 Å². The van der Waals surface area contributed by atoms with Crippen LogP contribution >= 0.6 is 0 Å². The van der Waals surface area contributed by atoms with Gasteiger partial charge in [-0.05, 0) is 12.5 Å². The molecule has 4 N–H and O–H groups in total. The van der Waals surface area contributed by atoms with E-state index in [1.807, 2.05) is 0 Å². The van der Waals surface area contributed by atoms with E-state index in [0.717, 1.165) is 0 Å². The second-order valence-electron chi connectivity index (χ2n) is 4.42. The summed E-state index contributed by atoms with van der Waals surface area (Å²) < 4.78 is 30.0. The summed E-state index contributed by atoms with van der Waals surface area (Å²) in [6.07, 6.45) is 3.24. The van der Waals surface area contributed by atoms with Crippen LogP contribution in [-0.2, 0) is 10.1 Å². The molecule has 0 aromatic carbocycles. The molecule has 0 saturated heterocycles. The maximum atomic E-state index is 10.7. The molecule has 2 rings (SSSR count). The summed E-state index contributed by atoms with van der Waals surface area (Å²) in [6, 6.07) is 0. The van der Waals surface area contributed by atoms with Crippen LogP contribution in [0.4, 0.5) is 5.82 Å². The van der Waals surface area contributed by atoms with Crippen LogP contribution in [0.1, 0.15) is 6.92 Å². The van der Waals surface area contributed by atoms with Crippen LogP contribution in [-0.4, -0.2) is 56.4 Å². The van der Waals surface area contributed by atoms with Crippen LogP contribution in [0.15, 0.2) is 24.3 Å². The zero-order valence-electron chi connectivity index (χ0n) is 11.2. The van der Waals surface area contributed by atoms with E-state index in [4.69, 9.17) is 4.55 Å². The first-order valence-corrected chi connectivity index (χ1v) is 7.65. The topological polar surface area (TPSA) is 141 Å². The molecule has 0 amide bonds. The van der Waals surface area contributed by atoms with Gasteiger partial charge in [-0.1, -0.05) is 6.08 Å². The molecular weight excluding hydrogens is 298 g/mol.